The van der Waals surface area contributed by atoms with Crippen molar-refractivity contribution in [3.8, 4) is 0 Å². The van der Waals surface area contributed by atoms with Crippen LogP contribution in [0.15, 0.2) is 18.2 Å². The summed E-state index contributed by atoms with van der Waals surface area (Å²) in [5.74, 6) is -0.932. The Balaban J connectivity index is 1.49. The van der Waals surface area contributed by atoms with Gasteiger partial charge in [-0.15, -0.1) is 0 Å². The maximum absolute atomic E-state index is 12.9. The summed E-state index contributed by atoms with van der Waals surface area (Å²) < 4.78 is 0. The van der Waals surface area contributed by atoms with E-state index in [4.69, 9.17) is 5.11 Å². The van der Waals surface area contributed by atoms with Gasteiger partial charge in [-0.25, -0.2) is 4.79 Å². The van der Waals surface area contributed by atoms with Crippen LogP contribution < -0.4 is 16.0 Å². The molecule has 3 unspecified atom stereocenters. The van der Waals surface area contributed by atoms with E-state index in [2.05, 4.69) is 16.0 Å². The van der Waals surface area contributed by atoms with E-state index in [0.717, 1.165) is 30.5 Å². The minimum atomic E-state index is -1.01. The lowest BCUT2D eigenvalue weighted by atomic mass is 9.90. The number of amides is 4. The molecule has 4 amide bonds. The number of hydrogen-bond donors (Lipinski definition) is 4. The molecule has 4 rings (SSSR count). The highest BCUT2D eigenvalue weighted by molar-refractivity contribution is 6.06. The van der Waals surface area contributed by atoms with Crippen LogP contribution in [0.25, 0.3) is 0 Å². The Morgan fingerprint density at radius 2 is 1.93 bits per heavy atom. The second kappa shape index (κ2) is 7.73. The topological polar surface area (TPSA) is 128 Å². The van der Waals surface area contributed by atoms with Gasteiger partial charge < -0.3 is 20.6 Å². The molecule has 154 valence electrons. The van der Waals surface area contributed by atoms with Gasteiger partial charge in [0.15, 0.2) is 0 Å². The van der Waals surface area contributed by atoms with Gasteiger partial charge in [-0.1, -0.05) is 6.07 Å². The van der Waals surface area contributed by atoms with Crippen molar-refractivity contribution in [1.29, 1.82) is 0 Å². The van der Waals surface area contributed by atoms with Crippen LogP contribution in [0.5, 0.6) is 0 Å². The number of piperidine rings is 1. The van der Waals surface area contributed by atoms with E-state index in [0.29, 0.717) is 24.9 Å². The molecule has 1 aromatic carbocycles. The predicted molar refractivity (Wildman–Crippen MR) is 103 cm³/mol. The second-order valence-corrected chi connectivity index (χ2v) is 7.89. The summed E-state index contributed by atoms with van der Waals surface area (Å²) in [6.45, 7) is 0.313. The first-order chi connectivity index (χ1) is 13.9. The first-order valence-corrected chi connectivity index (χ1v) is 9.95. The third kappa shape index (κ3) is 3.90. The molecule has 9 heteroatoms. The van der Waals surface area contributed by atoms with Crippen molar-refractivity contribution in [3.05, 3.63) is 29.3 Å². The van der Waals surface area contributed by atoms with Gasteiger partial charge >= 0.3 is 6.09 Å². The molecule has 2 fully saturated rings. The Morgan fingerprint density at radius 3 is 2.69 bits per heavy atom. The Morgan fingerprint density at radius 1 is 1.14 bits per heavy atom. The van der Waals surface area contributed by atoms with Crippen LogP contribution in [-0.2, 0) is 16.1 Å². The molecular weight excluding hydrogens is 376 g/mol. The predicted octanol–water partition coefficient (Wildman–Crippen LogP) is 1.44. The fraction of sp³-hybridized carbons (Fsp3) is 0.500. The zero-order valence-corrected chi connectivity index (χ0v) is 15.9. The standard InChI is InChI=1S/C20H24N4O5/c25-17-8-7-16(18(26)23-17)24-10-14-13(19(24)27)5-2-6-15(14)21-11-3-1-4-12(9-11)22-20(28)29/h2,5-6,11-12,16,21-22H,1,3-4,7-10H2,(H,28,29)(H,23,25,26). The highest BCUT2D eigenvalue weighted by atomic mass is 16.4. The van der Waals surface area contributed by atoms with Gasteiger partial charge in [-0.2, -0.15) is 0 Å². The maximum Gasteiger partial charge on any atom is 0.404 e. The molecule has 0 aromatic heterocycles. The van der Waals surface area contributed by atoms with Crippen molar-refractivity contribution in [2.24, 2.45) is 0 Å². The van der Waals surface area contributed by atoms with Crippen molar-refractivity contribution in [1.82, 2.24) is 15.5 Å². The van der Waals surface area contributed by atoms with E-state index in [1.165, 1.54) is 4.90 Å². The fourth-order valence-electron chi connectivity index (χ4n) is 4.57. The number of carbonyl (C=O) groups is 4. The maximum atomic E-state index is 12.9. The lowest BCUT2D eigenvalue weighted by Gasteiger charge is -2.31. The number of benzene rings is 1. The van der Waals surface area contributed by atoms with Crippen molar-refractivity contribution in [2.75, 3.05) is 5.32 Å². The molecule has 0 radical (unpaired) electrons. The first kappa shape index (κ1) is 19.2. The van der Waals surface area contributed by atoms with E-state index in [-0.39, 0.29) is 30.3 Å². The summed E-state index contributed by atoms with van der Waals surface area (Å²) in [6.07, 6.45) is 2.88. The molecular formula is C20H24N4O5. The van der Waals surface area contributed by atoms with E-state index < -0.39 is 18.0 Å². The van der Waals surface area contributed by atoms with Crippen LogP contribution in [0.2, 0.25) is 0 Å². The number of nitrogens with zero attached hydrogens (tertiary/aromatic N) is 1. The van der Waals surface area contributed by atoms with Gasteiger partial charge in [0.05, 0.1) is 0 Å². The van der Waals surface area contributed by atoms with Crippen molar-refractivity contribution in [3.63, 3.8) is 0 Å². The lowest BCUT2D eigenvalue weighted by Crippen LogP contribution is -2.52. The van der Waals surface area contributed by atoms with E-state index >= 15 is 0 Å². The number of anilines is 1. The molecule has 0 spiro atoms. The third-order valence-corrected chi connectivity index (χ3v) is 5.94. The van der Waals surface area contributed by atoms with Gasteiger partial charge in [0.25, 0.3) is 5.91 Å². The molecule has 1 aromatic rings. The minimum Gasteiger partial charge on any atom is -0.465 e. The molecule has 1 saturated carbocycles. The Bertz CT molecular complexity index is 870. The summed E-state index contributed by atoms with van der Waals surface area (Å²) in [4.78, 5) is 49.0. The van der Waals surface area contributed by atoms with Crippen LogP contribution in [0, 0.1) is 0 Å². The van der Waals surface area contributed by atoms with Crippen molar-refractivity contribution >= 4 is 29.5 Å². The molecule has 4 N–H and O–H groups in total. The van der Waals surface area contributed by atoms with Crippen molar-refractivity contribution in [2.45, 2.75) is 63.2 Å². The summed E-state index contributed by atoms with van der Waals surface area (Å²) >= 11 is 0. The molecule has 2 heterocycles. The molecule has 29 heavy (non-hydrogen) atoms. The minimum absolute atomic E-state index is 0.0860. The van der Waals surface area contributed by atoms with E-state index in [9.17, 15) is 19.2 Å². The number of hydrogen-bond acceptors (Lipinski definition) is 5. The van der Waals surface area contributed by atoms with Gasteiger partial charge in [-0.3, -0.25) is 19.7 Å². The summed E-state index contributed by atoms with van der Waals surface area (Å²) in [5.41, 5.74) is 2.25. The van der Waals surface area contributed by atoms with Crippen LogP contribution in [0.3, 0.4) is 0 Å². The molecule has 1 aliphatic carbocycles. The summed E-state index contributed by atoms with van der Waals surface area (Å²) in [6, 6.07) is 4.85. The Labute approximate surface area is 167 Å². The number of rotatable bonds is 4. The number of carboxylic acid groups (broad SMARTS) is 1. The van der Waals surface area contributed by atoms with Crippen LogP contribution in [0.4, 0.5) is 10.5 Å². The van der Waals surface area contributed by atoms with E-state index in [1.54, 1.807) is 6.07 Å². The Kier molecular flexibility index (Phi) is 5.12. The second-order valence-electron chi connectivity index (χ2n) is 7.89. The monoisotopic (exact) mass is 400 g/mol. The third-order valence-electron chi connectivity index (χ3n) is 5.94. The van der Waals surface area contributed by atoms with Gasteiger partial charge in [0, 0.05) is 41.9 Å². The van der Waals surface area contributed by atoms with Gasteiger partial charge in [0.1, 0.15) is 6.04 Å². The first-order valence-electron chi connectivity index (χ1n) is 9.95. The van der Waals surface area contributed by atoms with Gasteiger partial charge in [0.2, 0.25) is 11.8 Å². The average molecular weight is 400 g/mol. The summed E-state index contributed by atoms with van der Waals surface area (Å²) in [7, 11) is 0. The average Bonchev–Trinajstić information content (AvgIpc) is 2.99. The molecule has 1 saturated heterocycles. The molecule has 3 aliphatic rings. The number of nitrogens with one attached hydrogen (secondary N) is 3. The number of carbonyl (C=O) groups excluding carboxylic acids is 3. The number of imide groups is 1. The lowest BCUT2D eigenvalue weighted by molar-refractivity contribution is -0.136. The van der Waals surface area contributed by atoms with Crippen LogP contribution in [0.1, 0.15) is 54.4 Å². The molecule has 3 atom stereocenters. The van der Waals surface area contributed by atoms with Crippen LogP contribution in [-0.4, -0.2) is 51.9 Å². The number of fused-ring (bicyclic) bond motifs is 1. The largest absolute Gasteiger partial charge is 0.465 e. The normalized spacial score (nSPS) is 26.7. The van der Waals surface area contributed by atoms with Gasteiger partial charge in [-0.05, 0) is 44.2 Å². The Hall–Kier alpha value is -3.10. The molecule has 9 nitrogen and oxygen atoms in total. The SMILES string of the molecule is O=C(O)NC1CCCC(Nc2cccc3c2CN(C2CCC(=O)NC2=O)C3=O)C1. The smallest absolute Gasteiger partial charge is 0.404 e. The molecule has 0 bridgehead atoms. The fourth-order valence-corrected chi connectivity index (χ4v) is 4.57. The van der Waals surface area contributed by atoms with Crippen molar-refractivity contribution < 1.29 is 24.3 Å². The summed E-state index contributed by atoms with van der Waals surface area (Å²) in [5, 5.41) is 17.3. The highest BCUT2D eigenvalue weighted by Crippen LogP contribution is 2.33. The zero-order chi connectivity index (χ0) is 20.5. The zero-order valence-electron chi connectivity index (χ0n) is 15.9. The molecule has 2 aliphatic heterocycles. The van der Waals surface area contributed by atoms with E-state index in [1.807, 2.05) is 12.1 Å². The highest BCUT2D eigenvalue weighted by Gasteiger charge is 2.40. The quantitative estimate of drug-likeness (QED) is 0.566. The van der Waals surface area contributed by atoms with Crippen LogP contribution >= 0.6 is 0 Å².